The third-order valence-electron chi connectivity index (χ3n) is 2.51. The second-order valence-corrected chi connectivity index (χ2v) is 4.01. The Labute approximate surface area is 92.0 Å². The van der Waals surface area contributed by atoms with Crippen LogP contribution in [0.1, 0.15) is 39.5 Å². The normalized spacial score (nSPS) is 14.9. The van der Waals surface area contributed by atoms with Crippen LogP contribution in [0.5, 0.6) is 0 Å². The molecule has 1 atom stereocenters. The van der Waals surface area contributed by atoms with Crippen molar-refractivity contribution >= 4 is 5.97 Å². The molecule has 4 heteroatoms. The van der Waals surface area contributed by atoms with Crippen LogP contribution in [0.25, 0.3) is 0 Å². The molecule has 0 bridgehead atoms. The summed E-state index contributed by atoms with van der Waals surface area (Å²) in [6, 6.07) is 0. The monoisotopic (exact) mass is 217 g/mol. The maximum Gasteiger partial charge on any atom is 0.323 e. The zero-order chi connectivity index (χ0) is 11.7. The number of nitrogens with one attached hydrogen (secondary N) is 1. The number of aliphatic carboxylic acids is 1. The number of unbranched alkanes of at least 4 members (excludes halogenated alkanes) is 1. The Hall–Kier alpha value is -0.610. The second kappa shape index (κ2) is 7.65. The van der Waals surface area contributed by atoms with E-state index in [4.69, 9.17) is 9.84 Å². The fourth-order valence-electron chi connectivity index (χ4n) is 1.40. The van der Waals surface area contributed by atoms with E-state index in [0.29, 0.717) is 13.0 Å². The lowest BCUT2D eigenvalue weighted by atomic mass is 9.95. The Morgan fingerprint density at radius 1 is 1.47 bits per heavy atom. The molecule has 0 aliphatic heterocycles. The number of carboxylic acid groups (broad SMARTS) is 1. The molecule has 90 valence electrons. The summed E-state index contributed by atoms with van der Waals surface area (Å²) in [5.74, 6) is -0.770. The van der Waals surface area contributed by atoms with Gasteiger partial charge in [0.1, 0.15) is 5.54 Å². The maximum absolute atomic E-state index is 11.1. The Bertz CT molecular complexity index is 185. The summed E-state index contributed by atoms with van der Waals surface area (Å²) in [5, 5.41) is 12.2. The van der Waals surface area contributed by atoms with Crippen LogP contribution in [-0.2, 0) is 9.53 Å². The Morgan fingerprint density at radius 2 is 2.13 bits per heavy atom. The summed E-state index contributed by atoms with van der Waals surface area (Å²) < 4.78 is 4.93. The zero-order valence-corrected chi connectivity index (χ0v) is 10.0. The molecule has 0 spiro atoms. The third kappa shape index (κ3) is 5.74. The highest BCUT2D eigenvalue weighted by Crippen LogP contribution is 2.14. The number of ether oxygens (including phenoxy) is 1. The lowest BCUT2D eigenvalue weighted by Gasteiger charge is -2.26. The summed E-state index contributed by atoms with van der Waals surface area (Å²) in [4.78, 5) is 11.1. The molecule has 1 unspecified atom stereocenters. The van der Waals surface area contributed by atoms with Gasteiger partial charge in [-0.05, 0) is 39.2 Å². The third-order valence-corrected chi connectivity index (χ3v) is 2.51. The van der Waals surface area contributed by atoms with E-state index in [-0.39, 0.29) is 0 Å². The molecule has 15 heavy (non-hydrogen) atoms. The van der Waals surface area contributed by atoms with Gasteiger partial charge in [-0.15, -0.1) is 0 Å². The van der Waals surface area contributed by atoms with Crippen molar-refractivity contribution in [2.24, 2.45) is 0 Å². The van der Waals surface area contributed by atoms with Crippen LogP contribution >= 0.6 is 0 Å². The van der Waals surface area contributed by atoms with Crippen LogP contribution in [0.4, 0.5) is 0 Å². The van der Waals surface area contributed by atoms with E-state index in [2.05, 4.69) is 5.32 Å². The summed E-state index contributed by atoms with van der Waals surface area (Å²) in [6.45, 7) is 5.22. The van der Waals surface area contributed by atoms with Crippen molar-refractivity contribution in [1.29, 1.82) is 0 Å². The highest BCUT2D eigenvalue weighted by molar-refractivity contribution is 5.78. The minimum absolute atomic E-state index is 0.645. The van der Waals surface area contributed by atoms with Crippen LogP contribution in [0.15, 0.2) is 0 Å². The summed E-state index contributed by atoms with van der Waals surface area (Å²) in [7, 11) is 1.66. The molecule has 0 aliphatic carbocycles. The van der Waals surface area contributed by atoms with Gasteiger partial charge in [-0.3, -0.25) is 4.79 Å². The van der Waals surface area contributed by atoms with Gasteiger partial charge in [-0.25, -0.2) is 0 Å². The van der Waals surface area contributed by atoms with Crippen molar-refractivity contribution in [2.45, 2.75) is 45.1 Å². The molecule has 0 aromatic carbocycles. The molecule has 0 aromatic heterocycles. The standard InChI is InChI=1S/C11H23NO3/c1-4-8-12-11(2,10(13)14)7-5-6-9-15-3/h12H,4-9H2,1-3H3,(H,13,14). The van der Waals surface area contributed by atoms with E-state index in [1.54, 1.807) is 14.0 Å². The van der Waals surface area contributed by atoms with Gasteiger partial charge in [0, 0.05) is 13.7 Å². The Morgan fingerprint density at radius 3 is 2.60 bits per heavy atom. The first-order valence-electron chi connectivity index (χ1n) is 5.54. The summed E-state index contributed by atoms with van der Waals surface area (Å²) >= 11 is 0. The van der Waals surface area contributed by atoms with E-state index in [1.165, 1.54) is 0 Å². The molecular formula is C11H23NO3. The van der Waals surface area contributed by atoms with Gasteiger partial charge in [0.05, 0.1) is 0 Å². The quantitative estimate of drug-likeness (QED) is 0.576. The SMILES string of the molecule is CCCNC(C)(CCCCOC)C(=O)O. The number of hydrogen-bond donors (Lipinski definition) is 2. The van der Waals surface area contributed by atoms with Gasteiger partial charge in [0.15, 0.2) is 0 Å². The van der Waals surface area contributed by atoms with Crippen molar-refractivity contribution in [3.63, 3.8) is 0 Å². The molecule has 2 N–H and O–H groups in total. The molecule has 0 rings (SSSR count). The van der Waals surface area contributed by atoms with Gasteiger partial charge < -0.3 is 15.2 Å². The lowest BCUT2D eigenvalue weighted by molar-refractivity contribution is -0.144. The molecule has 0 saturated heterocycles. The summed E-state index contributed by atoms with van der Waals surface area (Å²) in [6.07, 6.45) is 3.37. The second-order valence-electron chi connectivity index (χ2n) is 4.01. The van der Waals surface area contributed by atoms with Gasteiger partial charge in [0.2, 0.25) is 0 Å². The van der Waals surface area contributed by atoms with Gasteiger partial charge in [-0.1, -0.05) is 6.92 Å². The van der Waals surface area contributed by atoms with Crippen LogP contribution < -0.4 is 5.32 Å². The Kier molecular flexibility index (Phi) is 7.34. The first-order chi connectivity index (χ1) is 7.06. The van der Waals surface area contributed by atoms with Crippen molar-refractivity contribution in [3.8, 4) is 0 Å². The predicted octanol–water partition coefficient (Wildman–Crippen LogP) is 1.65. The van der Waals surface area contributed by atoms with E-state index in [1.807, 2.05) is 6.92 Å². The molecule has 0 aromatic rings. The molecule has 0 aliphatic rings. The van der Waals surface area contributed by atoms with Crippen LogP contribution in [0, 0.1) is 0 Å². The molecule has 0 radical (unpaired) electrons. The highest BCUT2D eigenvalue weighted by atomic mass is 16.5. The Balaban J connectivity index is 3.96. The minimum atomic E-state index is -0.788. The largest absolute Gasteiger partial charge is 0.480 e. The highest BCUT2D eigenvalue weighted by Gasteiger charge is 2.31. The van der Waals surface area contributed by atoms with E-state index >= 15 is 0 Å². The number of hydrogen-bond acceptors (Lipinski definition) is 3. The first kappa shape index (κ1) is 14.4. The fraction of sp³-hybridized carbons (Fsp3) is 0.909. The van der Waals surface area contributed by atoms with Crippen molar-refractivity contribution in [2.75, 3.05) is 20.3 Å². The van der Waals surface area contributed by atoms with E-state index in [9.17, 15) is 4.79 Å². The van der Waals surface area contributed by atoms with Gasteiger partial charge in [-0.2, -0.15) is 0 Å². The molecule has 0 amide bonds. The van der Waals surface area contributed by atoms with Crippen molar-refractivity contribution in [1.82, 2.24) is 5.32 Å². The average molecular weight is 217 g/mol. The van der Waals surface area contributed by atoms with Gasteiger partial charge >= 0.3 is 5.97 Å². The zero-order valence-electron chi connectivity index (χ0n) is 10.0. The number of carboxylic acids is 1. The minimum Gasteiger partial charge on any atom is -0.480 e. The molecular weight excluding hydrogens is 194 g/mol. The molecule has 0 fully saturated rings. The van der Waals surface area contributed by atoms with Crippen molar-refractivity contribution < 1.29 is 14.6 Å². The average Bonchev–Trinajstić information content (AvgIpc) is 2.21. The van der Waals surface area contributed by atoms with E-state index in [0.717, 1.165) is 25.8 Å². The van der Waals surface area contributed by atoms with Gasteiger partial charge in [0.25, 0.3) is 0 Å². The lowest BCUT2D eigenvalue weighted by Crippen LogP contribution is -2.49. The molecule has 0 saturated carbocycles. The smallest absolute Gasteiger partial charge is 0.323 e. The molecule has 4 nitrogen and oxygen atoms in total. The topological polar surface area (TPSA) is 58.6 Å². The predicted molar refractivity (Wildman–Crippen MR) is 60.1 cm³/mol. The summed E-state index contributed by atoms with van der Waals surface area (Å²) in [5.41, 5.74) is -0.788. The number of rotatable bonds is 9. The van der Waals surface area contributed by atoms with Crippen molar-refractivity contribution in [3.05, 3.63) is 0 Å². The first-order valence-corrected chi connectivity index (χ1v) is 5.54. The van der Waals surface area contributed by atoms with Crippen LogP contribution in [0.3, 0.4) is 0 Å². The molecule has 0 heterocycles. The maximum atomic E-state index is 11.1. The number of methoxy groups -OCH3 is 1. The van der Waals surface area contributed by atoms with Crippen LogP contribution in [0.2, 0.25) is 0 Å². The number of carbonyl (C=O) groups is 1. The van der Waals surface area contributed by atoms with Crippen LogP contribution in [-0.4, -0.2) is 36.9 Å². The fourth-order valence-corrected chi connectivity index (χ4v) is 1.40. The van der Waals surface area contributed by atoms with E-state index < -0.39 is 11.5 Å².